The van der Waals surface area contributed by atoms with Gasteiger partial charge in [-0.15, -0.1) is 0 Å². The molecule has 89 valence electrons. The monoisotopic (exact) mass is 310 g/mol. The maximum absolute atomic E-state index is 13.8. The van der Waals surface area contributed by atoms with Crippen molar-refractivity contribution in [2.75, 3.05) is 0 Å². The fourth-order valence-electron chi connectivity index (χ4n) is 1.55. The molecule has 0 N–H and O–H groups in total. The normalized spacial score (nSPS) is 10.2. The lowest BCUT2D eigenvalue weighted by atomic mass is 10.0. The minimum absolute atomic E-state index is 0.116. The summed E-state index contributed by atoms with van der Waals surface area (Å²) in [6.07, 6.45) is 0. The molecule has 18 heavy (non-hydrogen) atoms. The molecule has 0 aromatic heterocycles. The Morgan fingerprint density at radius 1 is 1.06 bits per heavy atom. The molecule has 0 aliphatic rings. The molecule has 2 rings (SSSR count). The molecule has 0 bridgehead atoms. The van der Waals surface area contributed by atoms with Gasteiger partial charge in [0.1, 0.15) is 17.5 Å². The molecule has 0 saturated heterocycles. The summed E-state index contributed by atoms with van der Waals surface area (Å²) in [6, 6.07) is 8.29. The van der Waals surface area contributed by atoms with E-state index in [0.29, 0.717) is 0 Å². The highest BCUT2D eigenvalue weighted by Gasteiger charge is 2.19. The lowest BCUT2D eigenvalue weighted by molar-refractivity contribution is 0.581. The first-order valence-electron chi connectivity index (χ1n) is 4.79. The number of benzene rings is 2. The van der Waals surface area contributed by atoms with Crippen LogP contribution >= 0.6 is 15.9 Å². The first kappa shape index (κ1) is 12.7. The van der Waals surface area contributed by atoms with Crippen molar-refractivity contribution in [3.8, 4) is 17.2 Å². The second kappa shape index (κ2) is 4.83. The topological polar surface area (TPSA) is 23.8 Å². The van der Waals surface area contributed by atoms with Gasteiger partial charge in [-0.2, -0.15) is 5.26 Å². The van der Waals surface area contributed by atoms with Crippen LogP contribution in [0.1, 0.15) is 5.56 Å². The van der Waals surface area contributed by atoms with E-state index in [0.717, 1.165) is 18.2 Å². The second-order valence-corrected chi connectivity index (χ2v) is 4.23. The average molecular weight is 311 g/mol. The zero-order valence-electron chi connectivity index (χ0n) is 8.77. The molecule has 5 heteroatoms. The first-order valence-corrected chi connectivity index (χ1v) is 5.59. The summed E-state index contributed by atoms with van der Waals surface area (Å²) >= 11 is 2.99. The highest BCUT2D eigenvalue weighted by atomic mass is 79.9. The fraction of sp³-hybridized carbons (Fsp3) is 0. The predicted molar refractivity (Wildman–Crippen MR) is 63.0 cm³/mol. The van der Waals surface area contributed by atoms with E-state index in [-0.39, 0.29) is 15.6 Å². The predicted octanol–water partition coefficient (Wildman–Crippen LogP) is 4.21. The molecule has 1 nitrogen and oxygen atoms in total. The Balaban J connectivity index is 2.77. The summed E-state index contributed by atoms with van der Waals surface area (Å²) in [5.74, 6) is -2.76. The number of hydrogen-bond donors (Lipinski definition) is 0. The molecule has 0 amide bonds. The minimum Gasteiger partial charge on any atom is -0.206 e. The summed E-state index contributed by atoms with van der Waals surface area (Å²) in [5, 5.41) is 8.58. The van der Waals surface area contributed by atoms with Crippen molar-refractivity contribution in [2.45, 2.75) is 0 Å². The van der Waals surface area contributed by atoms with Crippen LogP contribution in [-0.4, -0.2) is 0 Å². The molecule has 1 radical (unpaired) electrons. The van der Waals surface area contributed by atoms with Crippen LogP contribution in [0.2, 0.25) is 0 Å². The first-order chi connectivity index (χ1) is 8.54. The highest BCUT2D eigenvalue weighted by Crippen LogP contribution is 2.34. The van der Waals surface area contributed by atoms with Crippen LogP contribution in [0.5, 0.6) is 0 Å². The Morgan fingerprint density at radius 2 is 1.67 bits per heavy atom. The molecular formula is C13H4BrF3N. The molecule has 0 unspecified atom stereocenters. The second-order valence-electron chi connectivity index (χ2n) is 3.44. The Labute approximate surface area is 110 Å². The van der Waals surface area contributed by atoms with Crippen molar-refractivity contribution in [2.24, 2.45) is 0 Å². The SMILES string of the molecule is N#Cc1cc(F)c(-c2c(Br)[c]ccc2F)c(F)c1. The van der Waals surface area contributed by atoms with Gasteiger partial charge in [0.2, 0.25) is 0 Å². The smallest absolute Gasteiger partial charge is 0.135 e. The Hall–Kier alpha value is -1.80. The zero-order valence-corrected chi connectivity index (χ0v) is 10.4. The van der Waals surface area contributed by atoms with Gasteiger partial charge in [-0.05, 0) is 40.2 Å². The van der Waals surface area contributed by atoms with Crippen LogP contribution in [0.4, 0.5) is 13.2 Å². The molecule has 0 aliphatic heterocycles. The van der Waals surface area contributed by atoms with Gasteiger partial charge >= 0.3 is 0 Å². The third-order valence-corrected chi connectivity index (χ3v) is 2.94. The summed E-state index contributed by atoms with van der Waals surface area (Å²) in [6.45, 7) is 0. The van der Waals surface area contributed by atoms with Crippen molar-refractivity contribution in [3.05, 3.63) is 57.8 Å². The van der Waals surface area contributed by atoms with E-state index in [9.17, 15) is 13.2 Å². The van der Waals surface area contributed by atoms with Crippen molar-refractivity contribution in [1.82, 2.24) is 0 Å². The molecule has 2 aromatic rings. The van der Waals surface area contributed by atoms with E-state index >= 15 is 0 Å². The molecular weight excluding hydrogens is 307 g/mol. The van der Waals surface area contributed by atoms with Crippen molar-refractivity contribution in [3.63, 3.8) is 0 Å². The van der Waals surface area contributed by atoms with E-state index in [1.165, 1.54) is 6.07 Å². The van der Waals surface area contributed by atoms with Gasteiger partial charge in [0.15, 0.2) is 0 Å². The Morgan fingerprint density at radius 3 is 2.17 bits per heavy atom. The maximum Gasteiger partial charge on any atom is 0.135 e. The summed E-state index contributed by atoms with van der Waals surface area (Å²) in [4.78, 5) is 0. The highest BCUT2D eigenvalue weighted by molar-refractivity contribution is 9.10. The van der Waals surface area contributed by atoms with Gasteiger partial charge < -0.3 is 0 Å². The number of nitriles is 1. The van der Waals surface area contributed by atoms with Gasteiger partial charge in [0.25, 0.3) is 0 Å². The quantitative estimate of drug-likeness (QED) is 0.774. The van der Waals surface area contributed by atoms with Crippen LogP contribution in [-0.2, 0) is 0 Å². The van der Waals surface area contributed by atoms with E-state index < -0.39 is 23.0 Å². The van der Waals surface area contributed by atoms with E-state index in [1.807, 2.05) is 0 Å². The maximum atomic E-state index is 13.8. The number of hydrogen-bond acceptors (Lipinski definition) is 1. The third-order valence-electron chi connectivity index (χ3n) is 2.32. The van der Waals surface area contributed by atoms with E-state index in [2.05, 4.69) is 22.0 Å². The van der Waals surface area contributed by atoms with Crippen LogP contribution in [0, 0.1) is 34.8 Å². The largest absolute Gasteiger partial charge is 0.206 e. The molecule has 0 aliphatic carbocycles. The Bertz CT molecular complexity index is 619. The van der Waals surface area contributed by atoms with E-state index in [1.54, 1.807) is 6.07 Å². The lowest BCUT2D eigenvalue weighted by Gasteiger charge is -2.08. The van der Waals surface area contributed by atoms with E-state index in [4.69, 9.17) is 5.26 Å². The summed E-state index contributed by atoms with van der Waals surface area (Å²) in [5.41, 5.74) is -0.933. The molecule has 0 atom stereocenters. The standard InChI is InChI=1S/C13H4BrF3N/c14-8-2-1-3-9(15)12(8)13-10(16)4-7(6-18)5-11(13)17/h1,3-5H. The molecule has 2 aromatic carbocycles. The average Bonchev–Trinajstić information content (AvgIpc) is 2.31. The zero-order chi connectivity index (χ0) is 13.3. The summed E-state index contributed by atoms with van der Waals surface area (Å²) in [7, 11) is 0. The van der Waals surface area contributed by atoms with Crippen LogP contribution in [0.15, 0.2) is 28.7 Å². The van der Waals surface area contributed by atoms with Crippen molar-refractivity contribution in [1.29, 1.82) is 5.26 Å². The van der Waals surface area contributed by atoms with Crippen LogP contribution in [0.25, 0.3) is 11.1 Å². The fourth-order valence-corrected chi connectivity index (χ4v) is 2.07. The molecule has 0 saturated carbocycles. The lowest BCUT2D eigenvalue weighted by Crippen LogP contribution is -1.96. The van der Waals surface area contributed by atoms with Crippen LogP contribution < -0.4 is 0 Å². The van der Waals surface area contributed by atoms with Crippen LogP contribution in [0.3, 0.4) is 0 Å². The molecule has 0 spiro atoms. The molecule has 0 heterocycles. The summed E-state index contributed by atoms with van der Waals surface area (Å²) < 4.78 is 41.2. The van der Waals surface area contributed by atoms with Crippen molar-refractivity contribution < 1.29 is 13.2 Å². The number of halogens is 4. The number of rotatable bonds is 1. The Kier molecular flexibility index (Phi) is 3.39. The van der Waals surface area contributed by atoms with Crippen molar-refractivity contribution >= 4 is 15.9 Å². The minimum atomic E-state index is -0.995. The van der Waals surface area contributed by atoms with Gasteiger partial charge in [0, 0.05) is 10.0 Å². The third kappa shape index (κ3) is 2.12. The van der Waals surface area contributed by atoms with Gasteiger partial charge in [0.05, 0.1) is 17.2 Å². The molecule has 0 fully saturated rings. The number of nitrogens with zero attached hydrogens (tertiary/aromatic N) is 1. The van der Waals surface area contributed by atoms with Gasteiger partial charge in [-0.3, -0.25) is 0 Å². The van der Waals surface area contributed by atoms with Gasteiger partial charge in [-0.25, -0.2) is 13.2 Å². The van der Waals surface area contributed by atoms with Gasteiger partial charge in [-0.1, -0.05) is 6.07 Å².